The van der Waals surface area contributed by atoms with E-state index in [2.05, 4.69) is 40.7 Å². The molecule has 0 nitrogen and oxygen atoms in total. The number of rotatable bonds is 6. The predicted molar refractivity (Wildman–Crippen MR) is 122 cm³/mol. The maximum absolute atomic E-state index is 2.75. The van der Waals surface area contributed by atoms with Gasteiger partial charge in [0.15, 0.2) is 0 Å². The molecule has 4 aliphatic rings. The van der Waals surface area contributed by atoms with Gasteiger partial charge in [-0.25, -0.2) is 0 Å². The highest BCUT2D eigenvalue weighted by molar-refractivity contribution is 5.24. The van der Waals surface area contributed by atoms with Crippen LogP contribution in [0, 0.1) is 46.3 Å². The Morgan fingerprint density at radius 3 is 2.64 bits per heavy atom. The highest BCUT2D eigenvalue weighted by Crippen LogP contribution is 2.67. The summed E-state index contributed by atoms with van der Waals surface area (Å²) in [5.74, 6) is 5.92. The standard InChI is InChI=1S/C28H48/c1-6-20(2)9-7-8-10-22-12-14-25-24-13-11-23-19-21(3)15-17-28(23,5)26(24)16-18-27(22,25)4/h11,20-22,24-26H,6-10,12-19H2,1-5H3. The van der Waals surface area contributed by atoms with Crippen molar-refractivity contribution in [1.82, 2.24) is 0 Å². The van der Waals surface area contributed by atoms with Crippen LogP contribution in [0.4, 0.5) is 0 Å². The fourth-order valence-corrected chi connectivity index (χ4v) is 8.51. The molecule has 4 aliphatic carbocycles. The van der Waals surface area contributed by atoms with E-state index in [1.54, 1.807) is 6.42 Å². The molecule has 0 amide bonds. The molecule has 0 bridgehead atoms. The van der Waals surface area contributed by atoms with Crippen molar-refractivity contribution in [2.24, 2.45) is 46.3 Å². The third-order valence-corrected chi connectivity index (χ3v) is 10.7. The van der Waals surface area contributed by atoms with Crippen LogP contribution in [-0.4, -0.2) is 0 Å². The Kier molecular flexibility index (Phi) is 6.08. The average molecular weight is 385 g/mol. The van der Waals surface area contributed by atoms with Crippen LogP contribution >= 0.6 is 0 Å². The van der Waals surface area contributed by atoms with Gasteiger partial charge in [0.2, 0.25) is 0 Å². The fourth-order valence-electron chi connectivity index (χ4n) is 8.51. The molecule has 0 heterocycles. The van der Waals surface area contributed by atoms with Gasteiger partial charge in [0.1, 0.15) is 0 Å². The van der Waals surface area contributed by atoms with Crippen LogP contribution in [0.5, 0.6) is 0 Å². The number of hydrogen-bond donors (Lipinski definition) is 0. The van der Waals surface area contributed by atoms with Gasteiger partial charge in [-0.05, 0) is 104 Å². The molecule has 160 valence electrons. The molecular weight excluding hydrogens is 336 g/mol. The lowest BCUT2D eigenvalue weighted by molar-refractivity contribution is -0.0450. The van der Waals surface area contributed by atoms with E-state index in [0.29, 0.717) is 10.8 Å². The second kappa shape index (κ2) is 8.11. The summed E-state index contributed by atoms with van der Waals surface area (Å²) in [5.41, 5.74) is 3.10. The van der Waals surface area contributed by atoms with Crippen molar-refractivity contribution >= 4 is 0 Å². The first-order valence-corrected chi connectivity index (χ1v) is 13.1. The Morgan fingerprint density at radius 2 is 1.86 bits per heavy atom. The van der Waals surface area contributed by atoms with E-state index in [0.717, 1.165) is 35.5 Å². The van der Waals surface area contributed by atoms with Crippen LogP contribution in [0.15, 0.2) is 11.6 Å². The molecule has 0 spiro atoms. The summed E-state index contributed by atoms with van der Waals surface area (Å²) in [4.78, 5) is 0. The van der Waals surface area contributed by atoms with Crippen LogP contribution in [0.25, 0.3) is 0 Å². The molecule has 0 saturated heterocycles. The quantitative estimate of drug-likeness (QED) is 0.317. The highest BCUT2D eigenvalue weighted by Gasteiger charge is 2.58. The second-order valence-electron chi connectivity index (χ2n) is 12.2. The molecule has 28 heavy (non-hydrogen) atoms. The van der Waals surface area contributed by atoms with E-state index in [9.17, 15) is 0 Å². The summed E-state index contributed by atoms with van der Waals surface area (Å²) in [7, 11) is 0. The average Bonchev–Trinajstić information content (AvgIpc) is 3.02. The summed E-state index contributed by atoms with van der Waals surface area (Å²) < 4.78 is 0. The van der Waals surface area contributed by atoms with Crippen molar-refractivity contribution < 1.29 is 0 Å². The van der Waals surface area contributed by atoms with Crippen LogP contribution in [0.1, 0.15) is 118 Å². The number of unbranched alkanes of at least 4 members (excludes halogenated alkanes) is 1. The maximum atomic E-state index is 2.75. The summed E-state index contributed by atoms with van der Waals surface area (Å²) in [6, 6.07) is 0. The largest absolute Gasteiger partial charge is 0.0845 e. The van der Waals surface area contributed by atoms with Crippen molar-refractivity contribution in [3.63, 3.8) is 0 Å². The Balaban J connectivity index is 1.42. The van der Waals surface area contributed by atoms with Gasteiger partial charge in [-0.1, -0.05) is 72.0 Å². The molecule has 0 radical (unpaired) electrons. The number of hydrogen-bond acceptors (Lipinski definition) is 0. The lowest BCUT2D eigenvalue weighted by Gasteiger charge is -2.58. The molecule has 4 rings (SSSR count). The first kappa shape index (κ1) is 21.0. The Hall–Kier alpha value is -0.260. The van der Waals surface area contributed by atoms with Crippen molar-refractivity contribution in [1.29, 1.82) is 0 Å². The highest BCUT2D eigenvalue weighted by atomic mass is 14.6. The van der Waals surface area contributed by atoms with Crippen LogP contribution in [0.3, 0.4) is 0 Å². The van der Waals surface area contributed by atoms with E-state index in [1.165, 1.54) is 77.0 Å². The number of allylic oxidation sites excluding steroid dienone is 2. The topological polar surface area (TPSA) is 0 Å². The van der Waals surface area contributed by atoms with Gasteiger partial charge >= 0.3 is 0 Å². The lowest BCUT2D eigenvalue weighted by Crippen LogP contribution is -2.49. The molecule has 0 aliphatic heterocycles. The lowest BCUT2D eigenvalue weighted by atomic mass is 9.47. The fraction of sp³-hybridized carbons (Fsp3) is 0.929. The van der Waals surface area contributed by atoms with Gasteiger partial charge in [0.05, 0.1) is 0 Å². The summed E-state index contributed by atoms with van der Waals surface area (Å²) in [6.07, 6.45) is 22.0. The molecule has 0 aromatic heterocycles. The van der Waals surface area contributed by atoms with E-state index < -0.39 is 0 Å². The first-order valence-electron chi connectivity index (χ1n) is 13.1. The summed E-state index contributed by atoms with van der Waals surface area (Å²) in [6.45, 7) is 12.7. The molecule has 3 saturated carbocycles. The maximum Gasteiger partial charge on any atom is -0.00851 e. The SMILES string of the molecule is CCC(C)CCCCC1CCC2C3CC=C4CC(C)CCC4(C)C3CCC12C. The normalized spacial score (nSPS) is 46.3. The molecule has 0 N–H and O–H groups in total. The van der Waals surface area contributed by atoms with Gasteiger partial charge < -0.3 is 0 Å². The van der Waals surface area contributed by atoms with E-state index in [1.807, 2.05) is 5.57 Å². The van der Waals surface area contributed by atoms with Crippen molar-refractivity contribution in [3.05, 3.63) is 11.6 Å². The third-order valence-electron chi connectivity index (χ3n) is 10.7. The molecule has 8 unspecified atom stereocenters. The zero-order valence-corrected chi connectivity index (χ0v) is 19.7. The predicted octanol–water partition coefficient (Wildman–Crippen LogP) is 8.81. The smallest absolute Gasteiger partial charge is 0.00851 e. The first-order chi connectivity index (χ1) is 13.4. The van der Waals surface area contributed by atoms with Gasteiger partial charge in [0, 0.05) is 0 Å². The van der Waals surface area contributed by atoms with E-state index in [4.69, 9.17) is 0 Å². The zero-order chi connectivity index (χ0) is 19.9. The zero-order valence-electron chi connectivity index (χ0n) is 19.7. The van der Waals surface area contributed by atoms with Crippen LogP contribution in [0.2, 0.25) is 0 Å². The van der Waals surface area contributed by atoms with E-state index in [-0.39, 0.29) is 0 Å². The Morgan fingerprint density at radius 1 is 1.04 bits per heavy atom. The molecule has 0 heteroatoms. The monoisotopic (exact) mass is 384 g/mol. The second-order valence-corrected chi connectivity index (χ2v) is 12.2. The molecule has 8 atom stereocenters. The van der Waals surface area contributed by atoms with Crippen LogP contribution < -0.4 is 0 Å². The molecular formula is C28H48. The molecule has 0 aromatic rings. The Bertz CT molecular complexity index is 573. The van der Waals surface area contributed by atoms with E-state index >= 15 is 0 Å². The van der Waals surface area contributed by atoms with Crippen molar-refractivity contribution in [2.75, 3.05) is 0 Å². The summed E-state index contributed by atoms with van der Waals surface area (Å²) in [5, 5.41) is 0. The van der Waals surface area contributed by atoms with Crippen molar-refractivity contribution in [2.45, 2.75) is 118 Å². The van der Waals surface area contributed by atoms with Gasteiger partial charge in [-0.2, -0.15) is 0 Å². The molecule has 0 aromatic carbocycles. The van der Waals surface area contributed by atoms with Gasteiger partial charge in [0.25, 0.3) is 0 Å². The number of fused-ring (bicyclic) bond motifs is 5. The van der Waals surface area contributed by atoms with Gasteiger partial charge in [-0.3, -0.25) is 0 Å². The minimum absolute atomic E-state index is 0.561. The minimum Gasteiger partial charge on any atom is -0.0845 e. The summed E-state index contributed by atoms with van der Waals surface area (Å²) >= 11 is 0. The Labute approximate surface area is 176 Å². The molecule has 3 fully saturated rings. The third kappa shape index (κ3) is 3.54. The van der Waals surface area contributed by atoms with Gasteiger partial charge in [-0.15, -0.1) is 0 Å². The van der Waals surface area contributed by atoms with Crippen LogP contribution in [-0.2, 0) is 0 Å². The van der Waals surface area contributed by atoms with Crippen molar-refractivity contribution in [3.8, 4) is 0 Å². The minimum atomic E-state index is 0.561.